The first-order chi connectivity index (χ1) is 9.86. The van der Waals surface area contributed by atoms with E-state index in [1.54, 1.807) is 6.21 Å². The summed E-state index contributed by atoms with van der Waals surface area (Å²) >= 11 is 0. The highest BCUT2D eigenvalue weighted by Crippen LogP contribution is 2.26. The predicted octanol–water partition coefficient (Wildman–Crippen LogP) is 2.69. The SMILES string of the molecule is NN=Cc1ccc(-c2ccc(C3OCCO3)cc2)cc1. The maximum atomic E-state index is 5.48. The molecule has 1 fully saturated rings. The van der Waals surface area contributed by atoms with Gasteiger partial charge in [-0.15, -0.1) is 0 Å². The van der Waals surface area contributed by atoms with Crippen LogP contribution in [0.2, 0.25) is 0 Å². The van der Waals surface area contributed by atoms with Crippen molar-refractivity contribution in [3.05, 3.63) is 59.7 Å². The van der Waals surface area contributed by atoms with Crippen molar-refractivity contribution in [1.29, 1.82) is 0 Å². The van der Waals surface area contributed by atoms with E-state index in [1.807, 2.05) is 24.3 Å². The smallest absolute Gasteiger partial charge is 0.184 e. The van der Waals surface area contributed by atoms with Crippen LogP contribution in [0.15, 0.2) is 53.6 Å². The number of rotatable bonds is 3. The first-order valence-corrected chi connectivity index (χ1v) is 6.54. The van der Waals surface area contributed by atoms with Gasteiger partial charge in [-0.25, -0.2) is 0 Å². The van der Waals surface area contributed by atoms with Gasteiger partial charge in [-0.2, -0.15) is 5.10 Å². The number of hydrogen-bond acceptors (Lipinski definition) is 4. The Balaban J connectivity index is 1.79. The van der Waals surface area contributed by atoms with Crippen molar-refractivity contribution in [1.82, 2.24) is 0 Å². The Morgan fingerprint density at radius 3 is 2.00 bits per heavy atom. The lowest BCUT2D eigenvalue weighted by atomic mass is 10.0. The summed E-state index contributed by atoms with van der Waals surface area (Å²) < 4.78 is 11.0. The lowest BCUT2D eigenvalue weighted by Gasteiger charge is -2.10. The Morgan fingerprint density at radius 1 is 0.900 bits per heavy atom. The van der Waals surface area contributed by atoms with E-state index >= 15 is 0 Å². The van der Waals surface area contributed by atoms with E-state index in [4.69, 9.17) is 15.3 Å². The minimum atomic E-state index is -0.216. The minimum Gasteiger partial charge on any atom is -0.346 e. The third-order valence-corrected chi connectivity index (χ3v) is 3.27. The van der Waals surface area contributed by atoms with E-state index in [0.717, 1.165) is 22.3 Å². The lowest BCUT2D eigenvalue weighted by molar-refractivity contribution is -0.0441. The van der Waals surface area contributed by atoms with Crippen LogP contribution in [0.25, 0.3) is 11.1 Å². The first kappa shape index (κ1) is 12.8. The van der Waals surface area contributed by atoms with E-state index in [1.165, 1.54) is 0 Å². The zero-order valence-electron chi connectivity index (χ0n) is 11.0. The Kier molecular flexibility index (Phi) is 3.76. The monoisotopic (exact) mass is 268 g/mol. The molecule has 0 radical (unpaired) electrons. The van der Waals surface area contributed by atoms with Gasteiger partial charge in [-0.3, -0.25) is 0 Å². The molecule has 0 aromatic heterocycles. The third kappa shape index (κ3) is 2.71. The van der Waals surface area contributed by atoms with Crippen LogP contribution in [0, 0.1) is 0 Å². The van der Waals surface area contributed by atoms with Crippen molar-refractivity contribution in [2.24, 2.45) is 10.9 Å². The molecule has 0 atom stereocenters. The molecule has 0 spiro atoms. The summed E-state index contributed by atoms with van der Waals surface area (Å²) in [7, 11) is 0. The first-order valence-electron chi connectivity index (χ1n) is 6.54. The Morgan fingerprint density at radius 2 is 1.45 bits per heavy atom. The van der Waals surface area contributed by atoms with Gasteiger partial charge >= 0.3 is 0 Å². The van der Waals surface area contributed by atoms with Gasteiger partial charge in [0.15, 0.2) is 6.29 Å². The topological polar surface area (TPSA) is 56.8 Å². The fraction of sp³-hybridized carbons (Fsp3) is 0.188. The normalized spacial score (nSPS) is 16.0. The zero-order valence-corrected chi connectivity index (χ0v) is 11.0. The Bertz CT molecular complexity index is 585. The van der Waals surface area contributed by atoms with Crippen LogP contribution in [0.4, 0.5) is 0 Å². The van der Waals surface area contributed by atoms with Crippen LogP contribution in [0.5, 0.6) is 0 Å². The summed E-state index contributed by atoms with van der Waals surface area (Å²) in [6.45, 7) is 1.33. The highest BCUT2D eigenvalue weighted by Gasteiger charge is 2.17. The van der Waals surface area contributed by atoms with Crippen molar-refractivity contribution >= 4 is 6.21 Å². The van der Waals surface area contributed by atoms with Crippen LogP contribution in [0.3, 0.4) is 0 Å². The second-order valence-electron chi connectivity index (χ2n) is 4.60. The molecule has 3 rings (SSSR count). The molecule has 2 aromatic rings. The van der Waals surface area contributed by atoms with Crippen molar-refractivity contribution in [2.45, 2.75) is 6.29 Å². The van der Waals surface area contributed by atoms with Crippen molar-refractivity contribution in [2.75, 3.05) is 13.2 Å². The summed E-state index contributed by atoms with van der Waals surface area (Å²) in [6.07, 6.45) is 1.41. The fourth-order valence-corrected chi connectivity index (χ4v) is 2.23. The summed E-state index contributed by atoms with van der Waals surface area (Å²) in [4.78, 5) is 0. The van der Waals surface area contributed by atoms with Crippen LogP contribution >= 0.6 is 0 Å². The maximum absolute atomic E-state index is 5.48. The van der Waals surface area contributed by atoms with Gasteiger partial charge in [0, 0.05) is 5.56 Å². The summed E-state index contributed by atoms with van der Waals surface area (Å²) in [5, 5.41) is 3.51. The highest BCUT2D eigenvalue weighted by molar-refractivity contribution is 5.80. The Hall–Kier alpha value is -2.17. The van der Waals surface area contributed by atoms with Crippen LogP contribution < -0.4 is 5.84 Å². The number of hydrazone groups is 1. The summed E-state index contributed by atoms with van der Waals surface area (Å²) in [5.41, 5.74) is 4.35. The quantitative estimate of drug-likeness (QED) is 0.529. The molecule has 2 aromatic carbocycles. The molecule has 0 amide bonds. The molecule has 0 aliphatic carbocycles. The van der Waals surface area contributed by atoms with Crippen LogP contribution in [-0.2, 0) is 9.47 Å². The average Bonchev–Trinajstić information content (AvgIpc) is 3.03. The molecule has 1 heterocycles. The lowest BCUT2D eigenvalue weighted by Crippen LogP contribution is -1.97. The molecule has 4 heteroatoms. The Labute approximate surface area is 117 Å². The summed E-state index contributed by atoms with van der Waals surface area (Å²) in [5.74, 6) is 5.13. The third-order valence-electron chi connectivity index (χ3n) is 3.27. The van der Waals surface area contributed by atoms with E-state index in [9.17, 15) is 0 Å². The van der Waals surface area contributed by atoms with E-state index in [0.29, 0.717) is 13.2 Å². The number of ether oxygens (including phenoxy) is 2. The van der Waals surface area contributed by atoms with Crippen LogP contribution in [0.1, 0.15) is 17.4 Å². The molecule has 4 nitrogen and oxygen atoms in total. The number of hydrogen-bond donors (Lipinski definition) is 1. The van der Waals surface area contributed by atoms with Gasteiger partial charge in [0.25, 0.3) is 0 Å². The molecule has 0 saturated carbocycles. The molecule has 0 bridgehead atoms. The standard InChI is InChI=1S/C16H16N2O2/c17-18-11-12-1-3-13(4-2-12)14-5-7-15(8-6-14)16-19-9-10-20-16/h1-8,11,16H,9-10,17H2. The maximum Gasteiger partial charge on any atom is 0.184 e. The van der Waals surface area contributed by atoms with Gasteiger partial charge in [0.05, 0.1) is 19.4 Å². The van der Waals surface area contributed by atoms with E-state index in [-0.39, 0.29) is 6.29 Å². The molecular formula is C16H16N2O2. The van der Waals surface area contributed by atoms with Gasteiger partial charge in [0.2, 0.25) is 0 Å². The average molecular weight is 268 g/mol. The van der Waals surface area contributed by atoms with Gasteiger partial charge in [-0.1, -0.05) is 48.5 Å². The zero-order chi connectivity index (χ0) is 13.8. The molecule has 20 heavy (non-hydrogen) atoms. The number of nitrogens with zero attached hydrogens (tertiary/aromatic N) is 1. The fourth-order valence-electron chi connectivity index (χ4n) is 2.23. The van der Waals surface area contributed by atoms with E-state index < -0.39 is 0 Å². The molecule has 1 saturated heterocycles. The molecule has 1 aliphatic heterocycles. The highest BCUT2D eigenvalue weighted by atomic mass is 16.7. The van der Waals surface area contributed by atoms with Gasteiger partial charge in [-0.05, 0) is 16.7 Å². The molecular weight excluding hydrogens is 252 g/mol. The summed E-state index contributed by atoms with van der Waals surface area (Å²) in [6, 6.07) is 16.3. The number of nitrogens with two attached hydrogens (primary N) is 1. The van der Waals surface area contributed by atoms with Crippen molar-refractivity contribution < 1.29 is 9.47 Å². The van der Waals surface area contributed by atoms with E-state index in [2.05, 4.69) is 29.4 Å². The largest absolute Gasteiger partial charge is 0.346 e. The van der Waals surface area contributed by atoms with Gasteiger partial charge in [0.1, 0.15) is 0 Å². The van der Waals surface area contributed by atoms with Crippen molar-refractivity contribution in [3.63, 3.8) is 0 Å². The number of benzene rings is 2. The molecule has 1 aliphatic rings. The second-order valence-corrected chi connectivity index (χ2v) is 4.60. The second kappa shape index (κ2) is 5.86. The molecule has 2 N–H and O–H groups in total. The minimum absolute atomic E-state index is 0.216. The van der Waals surface area contributed by atoms with Crippen LogP contribution in [-0.4, -0.2) is 19.4 Å². The molecule has 102 valence electrons. The molecule has 0 unspecified atom stereocenters. The van der Waals surface area contributed by atoms with Crippen molar-refractivity contribution in [3.8, 4) is 11.1 Å². The predicted molar refractivity (Wildman–Crippen MR) is 78.3 cm³/mol. The van der Waals surface area contributed by atoms with Gasteiger partial charge < -0.3 is 15.3 Å².